The molecule has 3 aromatic rings. The van der Waals surface area contributed by atoms with Gasteiger partial charge in [-0.3, -0.25) is 14.8 Å². The lowest BCUT2D eigenvalue weighted by Crippen LogP contribution is -2.08. The van der Waals surface area contributed by atoms with Crippen molar-refractivity contribution in [2.45, 2.75) is 44.9 Å². The molecule has 1 amide bonds. The Kier molecular flexibility index (Phi) is 4.49. The topological polar surface area (TPSA) is 68.9 Å². The van der Waals surface area contributed by atoms with Gasteiger partial charge in [0.2, 0.25) is 0 Å². The van der Waals surface area contributed by atoms with Gasteiger partial charge in [0.25, 0.3) is 5.91 Å². The zero-order chi connectivity index (χ0) is 17.2. The first-order valence-corrected chi connectivity index (χ1v) is 9.69. The molecule has 1 aliphatic rings. The Balaban J connectivity index is 1.79. The van der Waals surface area contributed by atoms with Gasteiger partial charge in [0, 0.05) is 40.8 Å². The van der Waals surface area contributed by atoms with Crippen LogP contribution in [0.1, 0.15) is 53.0 Å². The van der Waals surface area contributed by atoms with Gasteiger partial charge >= 0.3 is 0 Å². The Labute approximate surface area is 151 Å². The maximum atomic E-state index is 11.5. The average molecular weight is 351 g/mol. The third-order valence-corrected chi connectivity index (χ3v) is 6.00. The molecular weight excluding hydrogens is 330 g/mol. The van der Waals surface area contributed by atoms with Crippen LogP contribution < -0.4 is 5.73 Å². The van der Waals surface area contributed by atoms with Crippen molar-refractivity contribution >= 4 is 27.3 Å². The second-order valence-corrected chi connectivity index (χ2v) is 7.76. The van der Waals surface area contributed by atoms with Crippen molar-refractivity contribution < 1.29 is 4.79 Å². The lowest BCUT2D eigenvalue weighted by molar-refractivity contribution is 0.100. The first-order chi connectivity index (χ1) is 12.2. The highest BCUT2D eigenvalue weighted by Crippen LogP contribution is 2.34. The molecule has 0 atom stereocenters. The van der Waals surface area contributed by atoms with Gasteiger partial charge in [0.15, 0.2) is 0 Å². The number of hydrogen-bond donors (Lipinski definition) is 1. The molecule has 0 saturated carbocycles. The van der Waals surface area contributed by atoms with Crippen molar-refractivity contribution in [1.29, 1.82) is 0 Å². The fourth-order valence-corrected chi connectivity index (χ4v) is 4.48. The smallest absolute Gasteiger partial charge is 0.258 e. The molecule has 25 heavy (non-hydrogen) atoms. The molecule has 4 rings (SSSR count). The van der Waals surface area contributed by atoms with Crippen LogP contribution >= 0.6 is 11.3 Å². The molecule has 1 aliphatic carbocycles. The molecule has 0 radical (unpaired) electrons. The molecule has 0 saturated heterocycles. The number of carbonyl (C=O) groups excluding carboxylic acids is 1. The van der Waals surface area contributed by atoms with Crippen LogP contribution in [0, 0.1) is 0 Å². The van der Waals surface area contributed by atoms with Crippen LogP contribution in [-0.4, -0.2) is 15.9 Å². The van der Waals surface area contributed by atoms with Gasteiger partial charge in [-0.1, -0.05) is 19.3 Å². The van der Waals surface area contributed by atoms with Crippen LogP contribution in [0.25, 0.3) is 21.2 Å². The van der Waals surface area contributed by atoms with Crippen molar-refractivity contribution in [2.24, 2.45) is 5.73 Å². The lowest BCUT2D eigenvalue weighted by Gasteiger charge is -2.10. The predicted octanol–water partition coefficient (Wildman–Crippen LogP) is 4.51. The van der Waals surface area contributed by atoms with Gasteiger partial charge < -0.3 is 5.73 Å². The van der Waals surface area contributed by atoms with Crippen LogP contribution in [-0.2, 0) is 12.8 Å². The minimum atomic E-state index is -0.389. The number of primary amides is 1. The average Bonchev–Trinajstić information content (AvgIpc) is 3.09. The van der Waals surface area contributed by atoms with E-state index in [1.807, 2.05) is 18.5 Å². The summed E-state index contributed by atoms with van der Waals surface area (Å²) in [7, 11) is 0. The van der Waals surface area contributed by atoms with Crippen molar-refractivity contribution in [3.63, 3.8) is 0 Å². The van der Waals surface area contributed by atoms with Gasteiger partial charge in [-0.15, -0.1) is 11.3 Å². The second-order valence-electron chi connectivity index (χ2n) is 6.67. The summed E-state index contributed by atoms with van der Waals surface area (Å²) in [5.74, 6) is -0.389. The molecule has 0 bridgehead atoms. The number of pyridine rings is 2. The Bertz CT molecular complexity index is 932. The number of carbonyl (C=O) groups is 1. The molecule has 0 unspecified atom stereocenters. The number of thiophene rings is 1. The van der Waals surface area contributed by atoms with Gasteiger partial charge in [0.05, 0.1) is 9.58 Å². The number of aryl methyl sites for hydroxylation is 2. The summed E-state index contributed by atoms with van der Waals surface area (Å²) in [5.41, 5.74) is 10.1. The number of fused-ring (bicyclic) bond motifs is 2. The number of nitrogens with two attached hydrogens (primary N) is 1. The first kappa shape index (κ1) is 16.2. The highest BCUT2D eigenvalue weighted by atomic mass is 32.1. The maximum absolute atomic E-state index is 11.5. The molecule has 0 spiro atoms. The summed E-state index contributed by atoms with van der Waals surface area (Å²) < 4.78 is 0.981. The van der Waals surface area contributed by atoms with Crippen molar-refractivity contribution in [3.05, 3.63) is 46.9 Å². The number of rotatable bonds is 2. The summed E-state index contributed by atoms with van der Waals surface area (Å²) in [6.45, 7) is 0. The summed E-state index contributed by atoms with van der Waals surface area (Å²) in [4.78, 5) is 21.2. The Morgan fingerprint density at radius 3 is 2.64 bits per heavy atom. The number of amides is 1. The third-order valence-electron chi connectivity index (χ3n) is 4.92. The van der Waals surface area contributed by atoms with Crippen LogP contribution in [0.2, 0.25) is 0 Å². The fraction of sp³-hybridized carbons (Fsp3) is 0.350. The first-order valence-electron chi connectivity index (χ1n) is 8.88. The molecule has 3 heterocycles. The van der Waals surface area contributed by atoms with E-state index in [1.54, 1.807) is 6.20 Å². The molecule has 128 valence electrons. The zero-order valence-electron chi connectivity index (χ0n) is 14.1. The number of hydrogen-bond acceptors (Lipinski definition) is 4. The number of aromatic nitrogens is 2. The second kappa shape index (κ2) is 6.92. The monoisotopic (exact) mass is 351 g/mol. The minimum Gasteiger partial charge on any atom is -0.365 e. The van der Waals surface area contributed by atoms with Gasteiger partial charge in [-0.25, -0.2) is 0 Å². The summed E-state index contributed by atoms with van der Waals surface area (Å²) in [6.07, 6.45) is 14.2. The standard InChI is InChI=1S/C20H21N3OS/c21-20(24)18-9-15-16(11-22-12-19(15)25-18)14-8-13-6-4-2-1-3-5-7-17(13)23-10-14/h8-12H,1-7H2,(H2,21,24). The maximum Gasteiger partial charge on any atom is 0.258 e. The van der Waals surface area contributed by atoms with E-state index in [1.165, 1.54) is 54.7 Å². The Morgan fingerprint density at radius 2 is 1.80 bits per heavy atom. The van der Waals surface area contributed by atoms with E-state index in [9.17, 15) is 4.79 Å². The van der Waals surface area contributed by atoms with Crippen molar-refractivity contribution in [3.8, 4) is 11.1 Å². The van der Waals surface area contributed by atoms with Crippen molar-refractivity contribution in [1.82, 2.24) is 9.97 Å². The molecular formula is C20H21N3OS. The molecule has 3 aromatic heterocycles. The largest absolute Gasteiger partial charge is 0.365 e. The highest BCUT2D eigenvalue weighted by Gasteiger charge is 2.14. The Hall–Kier alpha value is -2.27. The van der Waals surface area contributed by atoms with E-state index in [0.717, 1.165) is 34.1 Å². The quantitative estimate of drug-likeness (QED) is 0.739. The molecule has 0 aliphatic heterocycles. The van der Waals surface area contributed by atoms with E-state index in [0.29, 0.717) is 4.88 Å². The predicted molar refractivity (Wildman–Crippen MR) is 102 cm³/mol. The van der Waals surface area contributed by atoms with E-state index in [2.05, 4.69) is 11.1 Å². The van der Waals surface area contributed by atoms with Gasteiger partial charge in [0.1, 0.15) is 0 Å². The van der Waals surface area contributed by atoms with Crippen LogP contribution in [0.4, 0.5) is 0 Å². The summed E-state index contributed by atoms with van der Waals surface area (Å²) >= 11 is 1.39. The molecule has 0 fully saturated rings. The molecule has 0 aromatic carbocycles. The summed E-state index contributed by atoms with van der Waals surface area (Å²) in [5, 5.41) is 1.03. The molecule has 5 heteroatoms. The highest BCUT2D eigenvalue weighted by molar-refractivity contribution is 7.20. The normalized spacial score (nSPS) is 15.2. The van der Waals surface area contributed by atoms with Gasteiger partial charge in [-0.2, -0.15) is 0 Å². The van der Waals surface area contributed by atoms with Gasteiger partial charge in [-0.05, 0) is 43.4 Å². The molecule has 2 N–H and O–H groups in total. The molecule has 4 nitrogen and oxygen atoms in total. The van der Waals surface area contributed by atoms with E-state index in [-0.39, 0.29) is 5.91 Å². The van der Waals surface area contributed by atoms with E-state index >= 15 is 0 Å². The zero-order valence-corrected chi connectivity index (χ0v) is 14.9. The third kappa shape index (κ3) is 3.29. The number of nitrogens with zero attached hydrogens (tertiary/aromatic N) is 2. The minimum absolute atomic E-state index is 0.389. The van der Waals surface area contributed by atoms with Crippen LogP contribution in [0.15, 0.2) is 30.7 Å². The van der Waals surface area contributed by atoms with E-state index in [4.69, 9.17) is 10.7 Å². The van der Waals surface area contributed by atoms with Crippen LogP contribution in [0.3, 0.4) is 0 Å². The lowest BCUT2D eigenvalue weighted by atomic mass is 9.99. The summed E-state index contributed by atoms with van der Waals surface area (Å²) in [6, 6.07) is 4.15. The SMILES string of the molecule is NC(=O)c1cc2c(-c3cnc4c(c3)CCCCCCC4)cncc2s1. The fourth-order valence-electron chi connectivity index (χ4n) is 3.58. The van der Waals surface area contributed by atoms with Crippen molar-refractivity contribution in [2.75, 3.05) is 0 Å². The van der Waals surface area contributed by atoms with Crippen LogP contribution in [0.5, 0.6) is 0 Å². The Morgan fingerprint density at radius 1 is 1.00 bits per heavy atom. The van der Waals surface area contributed by atoms with E-state index < -0.39 is 0 Å².